The second-order valence-corrected chi connectivity index (χ2v) is 8.91. The van der Waals surface area contributed by atoms with E-state index in [4.69, 9.17) is 0 Å². The normalized spacial score (nSPS) is 11.3. The number of unbranched alkanes of at least 4 members (excludes halogenated alkanes) is 1. The summed E-state index contributed by atoms with van der Waals surface area (Å²) in [6, 6.07) is 15.7. The minimum absolute atomic E-state index is 0.0101. The zero-order valence-electron chi connectivity index (χ0n) is 18.6. The standard InChI is InChI=1S/C24H27N5O2S/c1-4-5-14-28-22(31)19-8-6-7-9-20(19)29-23(28)25-26-24(29)32-16-21(30)27(3)15-18-12-10-17(2)11-13-18/h6-13H,4-5,14-16H2,1-3H3. The molecule has 0 unspecified atom stereocenters. The monoisotopic (exact) mass is 449 g/mol. The first kappa shape index (κ1) is 22.1. The van der Waals surface area contributed by atoms with Gasteiger partial charge in [-0.3, -0.25) is 18.6 Å². The van der Waals surface area contributed by atoms with Crippen molar-refractivity contribution in [3.63, 3.8) is 0 Å². The van der Waals surface area contributed by atoms with Crippen molar-refractivity contribution >= 4 is 34.3 Å². The van der Waals surface area contributed by atoms with E-state index in [9.17, 15) is 9.59 Å². The first-order valence-electron chi connectivity index (χ1n) is 10.8. The van der Waals surface area contributed by atoms with Crippen LogP contribution in [0.25, 0.3) is 16.7 Å². The van der Waals surface area contributed by atoms with E-state index in [1.807, 2.05) is 66.9 Å². The van der Waals surface area contributed by atoms with Crippen molar-refractivity contribution in [3.8, 4) is 0 Å². The molecular weight excluding hydrogens is 422 g/mol. The molecule has 0 spiro atoms. The van der Waals surface area contributed by atoms with Crippen molar-refractivity contribution in [2.75, 3.05) is 12.8 Å². The average Bonchev–Trinajstić information content (AvgIpc) is 3.23. The van der Waals surface area contributed by atoms with E-state index in [2.05, 4.69) is 17.1 Å². The number of carbonyl (C=O) groups is 1. The van der Waals surface area contributed by atoms with Gasteiger partial charge in [-0.05, 0) is 31.0 Å². The molecule has 0 radical (unpaired) electrons. The lowest BCUT2D eigenvalue weighted by atomic mass is 10.1. The molecule has 0 saturated carbocycles. The van der Waals surface area contributed by atoms with E-state index < -0.39 is 0 Å². The topological polar surface area (TPSA) is 72.5 Å². The molecule has 2 heterocycles. The largest absolute Gasteiger partial charge is 0.341 e. The predicted octanol–water partition coefficient (Wildman–Crippen LogP) is 3.90. The molecule has 8 heteroatoms. The van der Waals surface area contributed by atoms with Crippen LogP contribution in [-0.2, 0) is 17.9 Å². The number of benzene rings is 2. The van der Waals surface area contributed by atoms with Crippen LogP contribution < -0.4 is 5.56 Å². The molecule has 2 aromatic carbocycles. The molecule has 0 bridgehead atoms. The van der Waals surface area contributed by atoms with E-state index in [0.29, 0.717) is 29.4 Å². The number of nitrogens with zero attached hydrogens (tertiary/aromatic N) is 5. The highest BCUT2D eigenvalue weighted by atomic mass is 32.2. The summed E-state index contributed by atoms with van der Waals surface area (Å²) < 4.78 is 3.58. The lowest BCUT2D eigenvalue weighted by molar-refractivity contribution is -0.127. The molecule has 2 aromatic heterocycles. The lowest BCUT2D eigenvalue weighted by Gasteiger charge is -2.17. The van der Waals surface area contributed by atoms with Gasteiger partial charge in [0.1, 0.15) is 0 Å². The molecule has 0 saturated heterocycles. The highest BCUT2D eigenvalue weighted by Gasteiger charge is 2.18. The molecule has 166 valence electrons. The Bertz CT molecular complexity index is 1310. The lowest BCUT2D eigenvalue weighted by Crippen LogP contribution is -2.28. The van der Waals surface area contributed by atoms with Crippen LogP contribution in [0, 0.1) is 6.92 Å². The van der Waals surface area contributed by atoms with Crippen molar-refractivity contribution < 1.29 is 4.79 Å². The van der Waals surface area contributed by atoms with Crippen molar-refractivity contribution in [1.29, 1.82) is 0 Å². The van der Waals surface area contributed by atoms with Gasteiger partial charge in [0, 0.05) is 20.1 Å². The van der Waals surface area contributed by atoms with E-state index in [1.165, 1.54) is 17.3 Å². The molecule has 0 atom stereocenters. The van der Waals surface area contributed by atoms with E-state index in [0.717, 1.165) is 23.9 Å². The molecule has 0 fully saturated rings. The quantitative estimate of drug-likeness (QED) is 0.382. The Balaban J connectivity index is 1.59. The summed E-state index contributed by atoms with van der Waals surface area (Å²) in [7, 11) is 1.81. The fourth-order valence-corrected chi connectivity index (χ4v) is 4.52. The van der Waals surface area contributed by atoms with Gasteiger partial charge in [0.2, 0.25) is 11.7 Å². The molecule has 4 aromatic rings. The van der Waals surface area contributed by atoms with E-state index in [1.54, 1.807) is 9.47 Å². The Morgan fingerprint density at radius 1 is 1.09 bits per heavy atom. The summed E-state index contributed by atoms with van der Waals surface area (Å²) in [5.41, 5.74) is 2.99. The minimum atomic E-state index is -0.0561. The number of amides is 1. The molecule has 32 heavy (non-hydrogen) atoms. The summed E-state index contributed by atoms with van der Waals surface area (Å²) in [5.74, 6) is 0.770. The SMILES string of the molecule is CCCCn1c(=O)c2ccccc2n2c(SCC(=O)N(C)Cc3ccc(C)cc3)nnc12. The van der Waals surface area contributed by atoms with Crippen molar-refractivity contribution in [1.82, 2.24) is 24.1 Å². The number of aryl methyl sites for hydroxylation is 2. The average molecular weight is 450 g/mol. The third kappa shape index (κ3) is 4.41. The van der Waals surface area contributed by atoms with Crippen LogP contribution in [0.15, 0.2) is 58.5 Å². The van der Waals surface area contributed by atoms with Crippen molar-refractivity contribution in [2.24, 2.45) is 0 Å². The number of hydrogen-bond donors (Lipinski definition) is 0. The number of hydrogen-bond acceptors (Lipinski definition) is 5. The number of carbonyl (C=O) groups excluding carboxylic acids is 1. The Hall–Kier alpha value is -3.13. The van der Waals surface area contributed by atoms with Crippen LogP contribution in [0.3, 0.4) is 0 Å². The number of rotatable bonds is 8. The third-order valence-corrected chi connectivity index (χ3v) is 6.42. The maximum Gasteiger partial charge on any atom is 0.262 e. The zero-order valence-corrected chi connectivity index (χ0v) is 19.4. The van der Waals surface area contributed by atoms with Crippen LogP contribution in [0.5, 0.6) is 0 Å². The molecule has 0 aliphatic heterocycles. The van der Waals surface area contributed by atoms with Crippen molar-refractivity contribution in [2.45, 2.75) is 44.9 Å². The van der Waals surface area contributed by atoms with Gasteiger partial charge in [0.25, 0.3) is 5.56 Å². The van der Waals surface area contributed by atoms with Crippen molar-refractivity contribution in [3.05, 3.63) is 70.0 Å². The fourth-order valence-electron chi connectivity index (χ4n) is 3.64. The predicted molar refractivity (Wildman–Crippen MR) is 128 cm³/mol. The molecule has 1 amide bonds. The molecule has 0 aliphatic carbocycles. The first-order chi connectivity index (χ1) is 15.5. The second-order valence-electron chi connectivity index (χ2n) is 7.97. The number of thioether (sulfide) groups is 1. The second kappa shape index (κ2) is 9.56. The fraction of sp³-hybridized carbons (Fsp3) is 0.333. The summed E-state index contributed by atoms with van der Waals surface area (Å²) in [6.07, 6.45) is 1.86. The van der Waals surface area contributed by atoms with Crippen LogP contribution >= 0.6 is 11.8 Å². The van der Waals surface area contributed by atoms with Gasteiger partial charge in [-0.25, -0.2) is 0 Å². The maximum atomic E-state index is 13.0. The van der Waals surface area contributed by atoms with Gasteiger partial charge in [0.05, 0.1) is 16.7 Å². The summed E-state index contributed by atoms with van der Waals surface area (Å²) >= 11 is 1.34. The molecule has 4 rings (SSSR count). The smallest absolute Gasteiger partial charge is 0.262 e. The van der Waals surface area contributed by atoms with Gasteiger partial charge in [-0.1, -0.05) is 67.1 Å². The molecule has 7 nitrogen and oxygen atoms in total. The number of para-hydroxylation sites is 1. The maximum absolute atomic E-state index is 13.0. The Kier molecular flexibility index (Phi) is 6.60. The Morgan fingerprint density at radius 2 is 1.84 bits per heavy atom. The molecule has 0 N–H and O–H groups in total. The summed E-state index contributed by atoms with van der Waals surface area (Å²) in [6.45, 7) is 5.28. The third-order valence-electron chi connectivity index (χ3n) is 5.50. The highest BCUT2D eigenvalue weighted by molar-refractivity contribution is 7.99. The molecule has 0 aliphatic rings. The van der Waals surface area contributed by atoms with Crippen LogP contribution in [0.2, 0.25) is 0 Å². The van der Waals surface area contributed by atoms with E-state index in [-0.39, 0.29) is 17.2 Å². The van der Waals surface area contributed by atoms with Gasteiger partial charge < -0.3 is 4.90 Å². The Morgan fingerprint density at radius 3 is 2.59 bits per heavy atom. The van der Waals surface area contributed by atoms with Crippen LogP contribution in [-0.4, -0.2) is 42.8 Å². The zero-order chi connectivity index (χ0) is 22.7. The Labute approximate surface area is 191 Å². The van der Waals surface area contributed by atoms with Gasteiger partial charge in [-0.15, -0.1) is 10.2 Å². The minimum Gasteiger partial charge on any atom is -0.341 e. The van der Waals surface area contributed by atoms with Gasteiger partial charge >= 0.3 is 0 Å². The van der Waals surface area contributed by atoms with Crippen LogP contribution in [0.4, 0.5) is 0 Å². The van der Waals surface area contributed by atoms with Crippen LogP contribution in [0.1, 0.15) is 30.9 Å². The summed E-state index contributed by atoms with van der Waals surface area (Å²) in [4.78, 5) is 27.5. The summed E-state index contributed by atoms with van der Waals surface area (Å²) in [5, 5.41) is 9.87. The van der Waals surface area contributed by atoms with Gasteiger partial charge in [0.15, 0.2) is 5.16 Å². The number of aromatic nitrogens is 4. The van der Waals surface area contributed by atoms with Gasteiger partial charge in [-0.2, -0.15) is 0 Å². The van der Waals surface area contributed by atoms with E-state index >= 15 is 0 Å². The molecular formula is C24H27N5O2S. The number of fused-ring (bicyclic) bond motifs is 3. The first-order valence-corrected chi connectivity index (χ1v) is 11.8. The highest BCUT2D eigenvalue weighted by Crippen LogP contribution is 2.22.